The highest BCUT2D eigenvalue weighted by Crippen LogP contribution is 2.31. The minimum absolute atomic E-state index is 0.0742. The maximum atomic E-state index is 12.9. The monoisotopic (exact) mass is 189 g/mol. The summed E-state index contributed by atoms with van der Waals surface area (Å²) in [6, 6.07) is 2.85. The highest BCUT2D eigenvalue weighted by molar-refractivity contribution is 7.10. The lowest BCUT2D eigenvalue weighted by atomic mass is 10.3. The van der Waals surface area contributed by atoms with Crippen LogP contribution in [-0.4, -0.2) is 6.54 Å². The summed E-state index contributed by atoms with van der Waals surface area (Å²) in [6.07, 6.45) is 0. The number of nitrogens with zero attached hydrogens (tertiary/aromatic N) is 3. The summed E-state index contributed by atoms with van der Waals surface area (Å²) in [7, 11) is 0. The van der Waals surface area contributed by atoms with E-state index in [1.54, 1.807) is 5.38 Å². The molecule has 0 amide bonds. The Balaban J connectivity index is 2.78. The van der Waals surface area contributed by atoms with E-state index < -0.39 is 12.5 Å². The van der Waals surface area contributed by atoms with Crippen LogP contribution in [0.2, 0.25) is 0 Å². The van der Waals surface area contributed by atoms with Gasteiger partial charge in [-0.15, -0.1) is 11.3 Å². The third kappa shape index (κ3) is 1.93. The Labute approximate surface area is 71.3 Å². The fourth-order valence-corrected chi connectivity index (χ4v) is 1.38. The lowest BCUT2D eigenvalue weighted by Gasteiger charge is -2.09. The van der Waals surface area contributed by atoms with E-state index in [1.165, 1.54) is 12.1 Å². The first-order valence-electron chi connectivity index (χ1n) is 3.09. The van der Waals surface area contributed by atoms with Crippen LogP contribution in [0.1, 0.15) is 4.88 Å². The van der Waals surface area contributed by atoms with Crippen molar-refractivity contribution in [1.29, 1.82) is 0 Å². The van der Waals surface area contributed by atoms with E-state index in [0.717, 1.165) is 11.3 Å². The van der Waals surface area contributed by atoms with Crippen molar-refractivity contribution < 1.29 is 8.78 Å². The molecule has 1 aromatic rings. The zero-order valence-electron chi connectivity index (χ0n) is 5.94. The molecule has 0 saturated carbocycles. The van der Waals surface area contributed by atoms with E-state index in [0.29, 0.717) is 0 Å². The standard InChI is InChI=1S/C6H5F2N3S/c7-6(8,4-10-11-9)5-2-1-3-12-5/h1-3H,4H2. The smallest absolute Gasteiger partial charge is 0.200 e. The van der Waals surface area contributed by atoms with Crippen molar-refractivity contribution in [3.63, 3.8) is 0 Å². The van der Waals surface area contributed by atoms with Crippen LogP contribution in [0.15, 0.2) is 22.6 Å². The zero-order chi connectivity index (χ0) is 9.03. The van der Waals surface area contributed by atoms with Gasteiger partial charge in [0, 0.05) is 4.91 Å². The first-order chi connectivity index (χ1) is 5.67. The summed E-state index contributed by atoms with van der Waals surface area (Å²) in [4.78, 5) is 2.21. The molecule has 12 heavy (non-hydrogen) atoms. The minimum atomic E-state index is -3.03. The van der Waals surface area contributed by atoms with Gasteiger partial charge in [0.2, 0.25) is 0 Å². The van der Waals surface area contributed by atoms with Crippen LogP contribution in [0.25, 0.3) is 10.4 Å². The van der Waals surface area contributed by atoms with Gasteiger partial charge in [0.1, 0.15) is 0 Å². The van der Waals surface area contributed by atoms with E-state index in [-0.39, 0.29) is 4.88 Å². The Morgan fingerprint density at radius 2 is 2.42 bits per heavy atom. The average molecular weight is 189 g/mol. The number of hydrogen-bond donors (Lipinski definition) is 0. The van der Waals surface area contributed by atoms with Crippen molar-refractivity contribution in [3.05, 3.63) is 32.8 Å². The van der Waals surface area contributed by atoms with Crippen LogP contribution in [-0.2, 0) is 5.92 Å². The molecule has 0 aliphatic heterocycles. The number of alkyl halides is 2. The van der Waals surface area contributed by atoms with Gasteiger partial charge >= 0.3 is 0 Å². The van der Waals surface area contributed by atoms with Gasteiger partial charge in [-0.25, -0.2) is 8.78 Å². The fourth-order valence-electron chi connectivity index (χ4n) is 0.685. The zero-order valence-corrected chi connectivity index (χ0v) is 6.76. The molecular formula is C6H5F2N3S. The van der Waals surface area contributed by atoms with Crippen molar-refractivity contribution in [1.82, 2.24) is 0 Å². The van der Waals surface area contributed by atoms with Crippen LogP contribution in [0.4, 0.5) is 8.78 Å². The molecule has 64 valence electrons. The van der Waals surface area contributed by atoms with Gasteiger partial charge in [-0.3, -0.25) is 0 Å². The molecule has 3 nitrogen and oxygen atoms in total. The Morgan fingerprint density at radius 1 is 1.67 bits per heavy atom. The van der Waals surface area contributed by atoms with Crippen LogP contribution in [0.3, 0.4) is 0 Å². The summed E-state index contributed by atoms with van der Waals surface area (Å²) in [5.74, 6) is -3.03. The molecule has 6 heteroatoms. The molecule has 0 bridgehead atoms. The first kappa shape index (κ1) is 8.96. The fraction of sp³-hybridized carbons (Fsp3) is 0.333. The predicted molar refractivity (Wildman–Crippen MR) is 42.2 cm³/mol. The Morgan fingerprint density at radius 3 is 2.92 bits per heavy atom. The Hall–Kier alpha value is -1.13. The highest BCUT2D eigenvalue weighted by atomic mass is 32.1. The summed E-state index contributed by atoms with van der Waals surface area (Å²) in [5, 5.41) is 4.39. The summed E-state index contributed by atoms with van der Waals surface area (Å²) < 4.78 is 25.8. The molecule has 0 aliphatic carbocycles. The molecular weight excluding hydrogens is 184 g/mol. The van der Waals surface area contributed by atoms with E-state index >= 15 is 0 Å². The van der Waals surface area contributed by atoms with Crippen molar-refractivity contribution in [2.75, 3.05) is 6.54 Å². The second-order valence-electron chi connectivity index (χ2n) is 2.07. The number of halogens is 2. The van der Waals surface area contributed by atoms with Crippen molar-refractivity contribution >= 4 is 11.3 Å². The number of azide groups is 1. The van der Waals surface area contributed by atoms with E-state index in [2.05, 4.69) is 10.0 Å². The normalized spacial score (nSPS) is 10.8. The molecule has 0 N–H and O–H groups in total. The van der Waals surface area contributed by atoms with E-state index in [1.807, 2.05) is 0 Å². The maximum Gasteiger partial charge on any atom is 0.287 e. The SMILES string of the molecule is [N-]=[N+]=NCC(F)(F)c1cccs1. The molecule has 0 aliphatic rings. The lowest BCUT2D eigenvalue weighted by Crippen LogP contribution is -2.14. The predicted octanol–water partition coefficient (Wildman–Crippen LogP) is 3.15. The molecule has 0 atom stereocenters. The summed E-state index contributed by atoms with van der Waals surface area (Å²) in [5.41, 5.74) is 7.86. The number of thiophene rings is 1. The largest absolute Gasteiger partial charge is 0.287 e. The second-order valence-corrected chi connectivity index (χ2v) is 3.02. The third-order valence-electron chi connectivity index (χ3n) is 1.21. The van der Waals surface area contributed by atoms with Crippen LogP contribution in [0.5, 0.6) is 0 Å². The molecule has 1 aromatic heterocycles. The van der Waals surface area contributed by atoms with Crippen molar-refractivity contribution in [3.8, 4) is 0 Å². The molecule has 1 rings (SSSR count). The minimum Gasteiger partial charge on any atom is -0.200 e. The van der Waals surface area contributed by atoms with Gasteiger partial charge in [-0.2, -0.15) is 0 Å². The van der Waals surface area contributed by atoms with Crippen LogP contribution in [0, 0.1) is 0 Å². The number of hydrogen-bond acceptors (Lipinski definition) is 2. The molecule has 0 aromatic carbocycles. The van der Waals surface area contributed by atoms with E-state index in [4.69, 9.17) is 5.53 Å². The van der Waals surface area contributed by atoms with Crippen LogP contribution >= 0.6 is 11.3 Å². The van der Waals surface area contributed by atoms with Gasteiger partial charge in [-0.05, 0) is 17.0 Å². The second kappa shape index (κ2) is 3.51. The molecule has 0 unspecified atom stereocenters. The van der Waals surface area contributed by atoms with Gasteiger partial charge in [-0.1, -0.05) is 11.2 Å². The topological polar surface area (TPSA) is 48.8 Å². The van der Waals surface area contributed by atoms with Gasteiger partial charge < -0.3 is 0 Å². The van der Waals surface area contributed by atoms with E-state index in [9.17, 15) is 8.78 Å². The molecule has 0 fully saturated rings. The van der Waals surface area contributed by atoms with Gasteiger partial charge in [0.15, 0.2) is 0 Å². The molecule has 0 radical (unpaired) electrons. The Bertz CT molecular complexity index is 290. The van der Waals surface area contributed by atoms with Crippen molar-refractivity contribution in [2.45, 2.75) is 5.92 Å². The van der Waals surface area contributed by atoms with Gasteiger partial charge in [0.05, 0.1) is 11.4 Å². The van der Waals surface area contributed by atoms with Gasteiger partial charge in [0.25, 0.3) is 5.92 Å². The Kier molecular flexibility index (Phi) is 2.62. The lowest BCUT2D eigenvalue weighted by molar-refractivity contribution is 0.0101. The van der Waals surface area contributed by atoms with Crippen molar-refractivity contribution in [2.24, 2.45) is 5.11 Å². The quantitative estimate of drug-likeness (QED) is 0.398. The first-order valence-corrected chi connectivity index (χ1v) is 3.97. The highest BCUT2D eigenvalue weighted by Gasteiger charge is 2.31. The average Bonchev–Trinajstić information content (AvgIpc) is 2.53. The molecule has 0 spiro atoms. The molecule has 1 heterocycles. The molecule has 0 saturated heterocycles. The third-order valence-corrected chi connectivity index (χ3v) is 2.20. The summed E-state index contributed by atoms with van der Waals surface area (Å²) >= 11 is 0.947. The number of rotatable bonds is 3. The maximum absolute atomic E-state index is 12.9. The summed E-state index contributed by atoms with van der Waals surface area (Å²) in [6.45, 7) is -0.815. The van der Waals surface area contributed by atoms with Crippen LogP contribution < -0.4 is 0 Å².